The maximum Gasteiger partial charge on any atom is 0.187 e. The predicted molar refractivity (Wildman–Crippen MR) is 68.4 cm³/mol. The van der Waals surface area contributed by atoms with Crippen molar-refractivity contribution in [2.75, 3.05) is 13.1 Å². The van der Waals surface area contributed by atoms with Crippen LogP contribution in [-0.2, 0) is 4.79 Å². The van der Waals surface area contributed by atoms with Crippen molar-refractivity contribution in [3.05, 3.63) is 0 Å². The van der Waals surface area contributed by atoms with Gasteiger partial charge in [-0.15, -0.1) is 6.42 Å². The number of Topliss-reactive ketones (excluding diaryl/α,β-unsaturated/α-hetero) is 1. The third-order valence-corrected chi connectivity index (χ3v) is 2.51. The summed E-state index contributed by atoms with van der Waals surface area (Å²) in [6.07, 6.45) is 5.97. The Hall–Kier alpha value is -0.810. The normalized spacial score (nSPS) is 14.3. The summed E-state index contributed by atoms with van der Waals surface area (Å²) in [6.45, 7) is 13.7. The SMILES string of the molecule is C#CC[NH+](CC(=O)CC(C)(C)C)C(C)(C)C. The van der Waals surface area contributed by atoms with E-state index < -0.39 is 0 Å². The van der Waals surface area contributed by atoms with Gasteiger partial charge in [0.1, 0.15) is 13.1 Å². The fraction of sp³-hybridized carbons (Fsp3) is 0.786. The molecule has 0 bridgehead atoms. The fourth-order valence-corrected chi connectivity index (χ4v) is 1.61. The van der Waals surface area contributed by atoms with E-state index in [2.05, 4.69) is 47.5 Å². The maximum absolute atomic E-state index is 11.9. The lowest BCUT2D eigenvalue weighted by molar-refractivity contribution is -0.932. The molecule has 0 aromatic heterocycles. The van der Waals surface area contributed by atoms with Gasteiger partial charge in [0.2, 0.25) is 0 Å². The maximum atomic E-state index is 11.9. The zero-order valence-electron chi connectivity index (χ0n) is 11.6. The minimum Gasteiger partial charge on any atom is -0.315 e. The molecule has 0 aliphatic carbocycles. The number of ketones is 1. The summed E-state index contributed by atoms with van der Waals surface area (Å²) in [5, 5.41) is 0. The molecule has 0 saturated carbocycles. The summed E-state index contributed by atoms with van der Waals surface area (Å²) in [4.78, 5) is 13.1. The number of hydrogen-bond donors (Lipinski definition) is 1. The Morgan fingerprint density at radius 2 is 1.69 bits per heavy atom. The fourth-order valence-electron chi connectivity index (χ4n) is 1.61. The van der Waals surface area contributed by atoms with Crippen molar-refractivity contribution in [3.8, 4) is 12.3 Å². The van der Waals surface area contributed by atoms with Crippen LogP contribution in [0.3, 0.4) is 0 Å². The minimum absolute atomic E-state index is 0.0277. The third kappa shape index (κ3) is 6.63. The summed E-state index contributed by atoms with van der Waals surface area (Å²) in [6, 6.07) is 0. The second kappa shape index (κ2) is 5.50. The lowest BCUT2D eigenvalue weighted by atomic mass is 9.89. The summed E-state index contributed by atoms with van der Waals surface area (Å²) < 4.78 is 0. The molecule has 2 heteroatoms. The van der Waals surface area contributed by atoms with Crippen LogP contribution < -0.4 is 4.90 Å². The topological polar surface area (TPSA) is 21.5 Å². The second-order valence-electron chi connectivity index (χ2n) is 6.69. The van der Waals surface area contributed by atoms with E-state index in [0.717, 1.165) is 0 Å². The smallest absolute Gasteiger partial charge is 0.187 e. The standard InChI is InChI=1S/C14H25NO/c1-8-9-15(14(5,6)7)11-12(16)10-13(2,3)4/h1H,9-11H2,2-7H3/p+1. The number of carbonyl (C=O) groups is 1. The van der Waals surface area contributed by atoms with Crippen molar-refractivity contribution in [1.82, 2.24) is 0 Å². The first-order valence-corrected chi connectivity index (χ1v) is 5.86. The van der Waals surface area contributed by atoms with Gasteiger partial charge in [-0.3, -0.25) is 4.79 Å². The highest BCUT2D eigenvalue weighted by molar-refractivity contribution is 5.79. The van der Waals surface area contributed by atoms with Gasteiger partial charge in [-0.2, -0.15) is 0 Å². The molecule has 16 heavy (non-hydrogen) atoms. The third-order valence-electron chi connectivity index (χ3n) is 2.51. The molecule has 0 saturated heterocycles. The molecule has 0 amide bonds. The second-order valence-corrected chi connectivity index (χ2v) is 6.69. The van der Waals surface area contributed by atoms with E-state index in [9.17, 15) is 4.79 Å². The molecule has 1 atom stereocenters. The Bertz CT molecular complexity index is 273. The van der Waals surface area contributed by atoms with Gasteiger partial charge in [0.25, 0.3) is 0 Å². The van der Waals surface area contributed by atoms with Gasteiger partial charge < -0.3 is 4.90 Å². The van der Waals surface area contributed by atoms with Crippen LogP contribution in [0.4, 0.5) is 0 Å². The van der Waals surface area contributed by atoms with Gasteiger partial charge in [0.05, 0.1) is 5.54 Å². The number of hydrogen-bond acceptors (Lipinski definition) is 1. The zero-order valence-corrected chi connectivity index (χ0v) is 11.6. The number of carbonyl (C=O) groups excluding carboxylic acids is 1. The molecule has 0 rings (SSSR count). The first-order valence-electron chi connectivity index (χ1n) is 5.86. The monoisotopic (exact) mass is 224 g/mol. The van der Waals surface area contributed by atoms with Crippen LogP contribution in [0.1, 0.15) is 48.0 Å². The first-order chi connectivity index (χ1) is 7.06. The van der Waals surface area contributed by atoms with E-state index in [1.165, 1.54) is 4.90 Å². The Balaban J connectivity index is 4.43. The van der Waals surface area contributed by atoms with E-state index in [1.54, 1.807) is 0 Å². The van der Waals surface area contributed by atoms with Crippen molar-refractivity contribution < 1.29 is 9.69 Å². The van der Waals surface area contributed by atoms with E-state index in [0.29, 0.717) is 25.3 Å². The van der Waals surface area contributed by atoms with Gasteiger partial charge >= 0.3 is 0 Å². The van der Waals surface area contributed by atoms with Crippen LogP contribution in [0.25, 0.3) is 0 Å². The quantitative estimate of drug-likeness (QED) is 0.714. The average molecular weight is 224 g/mol. The molecule has 92 valence electrons. The summed E-state index contributed by atoms with van der Waals surface area (Å²) >= 11 is 0. The van der Waals surface area contributed by atoms with Crippen LogP contribution in [0, 0.1) is 17.8 Å². The van der Waals surface area contributed by atoms with Crippen LogP contribution >= 0.6 is 0 Å². The molecule has 0 aliphatic rings. The van der Waals surface area contributed by atoms with E-state index in [-0.39, 0.29) is 11.0 Å². The molecular formula is C14H26NO+. The van der Waals surface area contributed by atoms with Crippen molar-refractivity contribution in [1.29, 1.82) is 0 Å². The lowest BCUT2D eigenvalue weighted by Gasteiger charge is -2.31. The van der Waals surface area contributed by atoms with Crippen LogP contribution in [0.15, 0.2) is 0 Å². The number of rotatable bonds is 4. The molecule has 1 unspecified atom stereocenters. The Labute approximate surface area is 100 Å². The minimum atomic E-state index is 0.0277. The average Bonchev–Trinajstić information content (AvgIpc) is 1.97. The molecule has 0 aliphatic heterocycles. The van der Waals surface area contributed by atoms with E-state index in [4.69, 9.17) is 6.42 Å². The van der Waals surface area contributed by atoms with Crippen LogP contribution in [0.2, 0.25) is 0 Å². The summed E-state index contributed by atoms with van der Waals surface area (Å²) in [5.74, 6) is 2.95. The molecule has 0 heterocycles. The number of nitrogens with one attached hydrogen (secondary N) is 1. The molecular weight excluding hydrogens is 198 g/mol. The number of terminal acetylenes is 1. The van der Waals surface area contributed by atoms with Crippen molar-refractivity contribution in [3.63, 3.8) is 0 Å². The molecule has 0 radical (unpaired) electrons. The Kier molecular flexibility index (Phi) is 5.22. The van der Waals surface area contributed by atoms with Crippen molar-refractivity contribution in [2.45, 2.75) is 53.5 Å². The highest BCUT2D eigenvalue weighted by Crippen LogP contribution is 2.18. The zero-order chi connectivity index (χ0) is 13.0. The van der Waals surface area contributed by atoms with Crippen molar-refractivity contribution in [2.24, 2.45) is 5.41 Å². The molecule has 0 spiro atoms. The van der Waals surface area contributed by atoms with Gasteiger partial charge in [0.15, 0.2) is 5.78 Å². The van der Waals surface area contributed by atoms with Crippen molar-refractivity contribution >= 4 is 5.78 Å². The molecule has 1 N–H and O–H groups in total. The van der Waals surface area contributed by atoms with Gasteiger partial charge in [0, 0.05) is 6.42 Å². The Morgan fingerprint density at radius 1 is 1.19 bits per heavy atom. The number of quaternary nitrogens is 1. The predicted octanol–water partition coefficient (Wildman–Crippen LogP) is 1.31. The van der Waals surface area contributed by atoms with Gasteiger partial charge in [-0.05, 0) is 32.1 Å². The lowest BCUT2D eigenvalue weighted by Crippen LogP contribution is -3.19. The largest absolute Gasteiger partial charge is 0.315 e. The van der Waals surface area contributed by atoms with Gasteiger partial charge in [-0.25, -0.2) is 0 Å². The van der Waals surface area contributed by atoms with Gasteiger partial charge in [-0.1, -0.05) is 20.8 Å². The van der Waals surface area contributed by atoms with Crippen LogP contribution in [0.5, 0.6) is 0 Å². The van der Waals surface area contributed by atoms with Crippen LogP contribution in [-0.4, -0.2) is 24.4 Å². The highest BCUT2D eigenvalue weighted by Gasteiger charge is 2.28. The summed E-state index contributed by atoms with van der Waals surface area (Å²) in [5.41, 5.74) is 0.0934. The molecule has 2 nitrogen and oxygen atoms in total. The first kappa shape index (κ1) is 15.2. The van der Waals surface area contributed by atoms with E-state index in [1.807, 2.05) is 0 Å². The molecule has 0 aromatic carbocycles. The van der Waals surface area contributed by atoms with E-state index >= 15 is 0 Å². The Morgan fingerprint density at radius 3 is 2.00 bits per heavy atom. The molecule has 0 aromatic rings. The molecule has 0 fully saturated rings. The summed E-state index contributed by atoms with van der Waals surface area (Å²) in [7, 11) is 0. The highest BCUT2D eigenvalue weighted by atomic mass is 16.1.